The molecule has 0 saturated carbocycles. The molecule has 2 aromatic carbocycles. The summed E-state index contributed by atoms with van der Waals surface area (Å²) in [4.78, 5) is 17.9. The minimum atomic E-state index is -1.04. The molecule has 128 valence electrons. The van der Waals surface area contributed by atoms with Gasteiger partial charge in [-0.2, -0.15) is 5.10 Å². The zero-order valence-electron chi connectivity index (χ0n) is 13.7. The molecule has 0 spiro atoms. The Balaban J connectivity index is 1.78. The second-order valence-corrected chi connectivity index (χ2v) is 5.65. The van der Waals surface area contributed by atoms with E-state index < -0.39 is 11.6 Å². The third-order valence-electron chi connectivity index (χ3n) is 4.13. The maximum Gasteiger partial charge on any atom is 0.254 e. The van der Waals surface area contributed by atoms with Crippen LogP contribution in [-0.2, 0) is 0 Å². The molecule has 0 unspecified atom stereocenters. The van der Waals surface area contributed by atoms with E-state index in [1.807, 2.05) is 31.2 Å². The molecule has 5 nitrogen and oxygen atoms in total. The van der Waals surface area contributed by atoms with E-state index in [2.05, 4.69) is 10.1 Å². The highest BCUT2D eigenvalue weighted by Gasteiger charge is 2.20. The second-order valence-electron chi connectivity index (χ2n) is 5.65. The van der Waals surface area contributed by atoms with E-state index in [4.69, 9.17) is 0 Å². The molecule has 3 rings (SSSR count). The van der Waals surface area contributed by atoms with E-state index in [9.17, 15) is 13.6 Å². The Morgan fingerprint density at radius 1 is 1.12 bits per heavy atom. The Kier molecular flexibility index (Phi) is 4.56. The van der Waals surface area contributed by atoms with Gasteiger partial charge in [0.1, 0.15) is 12.7 Å². The first-order chi connectivity index (χ1) is 12.0. The van der Waals surface area contributed by atoms with Gasteiger partial charge in [0.2, 0.25) is 0 Å². The molecule has 7 heteroatoms. The SMILES string of the molecule is C[C@@H](c1ccc(-n2cncn2)cc1)N(C)C(=O)c1ccc(F)c(F)c1. The third kappa shape index (κ3) is 3.40. The molecule has 0 radical (unpaired) electrons. The molecule has 0 aliphatic carbocycles. The van der Waals surface area contributed by atoms with Crippen LogP contribution >= 0.6 is 0 Å². The smallest absolute Gasteiger partial charge is 0.254 e. The molecule has 1 amide bonds. The van der Waals surface area contributed by atoms with Crippen molar-refractivity contribution in [2.24, 2.45) is 0 Å². The number of nitrogens with zero attached hydrogens (tertiary/aromatic N) is 4. The van der Waals surface area contributed by atoms with Crippen LogP contribution in [0, 0.1) is 11.6 Å². The van der Waals surface area contributed by atoms with Crippen molar-refractivity contribution in [2.45, 2.75) is 13.0 Å². The number of benzene rings is 2. The van der Waals surface area contributed by atoms with E-state index in [-0.39, 0.29) is 17.5 Å². The van der Waals surface area contributed by atoms with Gasteiger partial charge in [-0.15, -0.1) is 0 Å². The lowest BCUT2D eigenvalue weighted by molar-refractivity contribution is 0.0742. The van der Waals surface area contributed by atoms with E-state index in [0.29, 0.717) is 0 Å². The number of carbonyl (C=O) groups excluding carboxylic acids is 1. The Hall–Kier alpha value is -3.09. The third-order valence-corrected chi connectivity index (χ3v) is 4.13. The van der Waals surface area contributed by atoms with Crippen LogP contribution in [0.25, 0.3) is 5.69 Å². The highest BCUT2D eigenvalue weighted by Crippen LogP contribution is 2.22. The molecule has 25 heavy (non-hydrogen) atoms. The molecule has 3 aromatic rings. The van der Waals surface area contributed by atoms with Crippen LogP contribution < -0.4 is 0 Å². The molecule has 0 N–H and O–H groups in total. The van der Waals surface area contributed by atoms with Crippen molar-refractivity contribution < 1.29 is 13.6 Å². The molecule has 0 aliphatic rings. The fraction of sp³-hybridized carbons (Fsp3) is 0.167. The van der Waals surface area contributed by atoms with Gasteiger partial charge in [0, 0.05) is 12.6 Å². The lowest BCUT2D eigenvalue weighted by Gasteiger charge is -2.25. The Morgan fingerprint density at radius 3 is 2.44 bits per heavy atom. The Labute approximate surface area is 143 Å². The van der Waals surface area contributed by atoms with Crippen LogP contribution in [0.3, 0.4) is 0 Å². The van der Waals surface area contributed by atoms with Gasteiger partial charge in [-0.25, -0.2) is 18.4 Å². The molecule has 1 heterocycles. The molecule has 0 saturated heterocycles. The van der Waals surface area contributed by atoms with Gasteiger partial charge in [-0.3, -0.25) is 4.79 Å². The van der Waals surface area contributed by atoms with E-state index >= 15 is 0 Å². The van der Waals surface area contributed by atoms with Crippen LogP contribution in [0.4, 0.5) is 8.78 Å². The maximum absolute atomic E-state index is 13.3. The number of aromatic nitrogens is 3. The molecule has 0 aliphatic heterocycles. The zero-order chi connectivity index (χ0) is 18.0. The summed E-state index contributed by atoms with van der Waals surface area (Å²) in [5.74, 6) is -2.40. The van der Waals surface area contributed by atoms with Crippen molar-refractivity contribution in [3.8, 4) is 5.69 Å². The summed E-state index contributed by atoms with van der Waals surface area (Å²) in [6.45, 7) is 1.86. The maximum atomic E-state index is 13.3. The van der Waals surface area contributed by atoms with Crippen LogP contribution in [0.1, 0.15) is 28.9 Å². The number of amides is 1. The average molecular weight is 342 g/mol. The van der Waals surface area contributed by atoms with Crippen molar-refractivity contribution in [3.05, 3.63) is 77.9 Å². The molecule has 0 bridgehead atoms. The van der Waals surface area contributed by atoms with Crippen LogP contribution in [0.5, 0.6) is 0 Å². The summed E-state index contributed by atoms with van der Waals surface area (Å²) in [5.41, 5.74) is 1.86. The summed E-state index contributed by atoms with van der Waals surface area (Å²) >= 11 is 0. The minimum absolute atomic E-state index is 0.104. The quantitative estimate of drug-likeness (QED) is 0.730. The topological polar surface area (TPSA) is 51.0 Å². The summed E-state index contributed by atoms with van der Waals surface area (Å²) < 4.78 is 28.0. The van der Waals surface area contributed by atoms with Gasteiger partial charge in [0.15, 0.2) is 11.6 Å². The number of carbonyl (C=O) groups is 1. The molecular formula is C18H16F2N4O. The zero-order valence-corrected chi connectivity index (χ0v) is 13.7. The van der Waals surface area contributed by atoms with Gasteiger partial charge >= 0.3 is 0 Å². The van der Waals surface area contributed by atoms with E-state index in [1.165, 1.54) is 17.3 Å². The highest BCUT2D eigenvalue weighted by atomic mass is 19.2. The van der Waals surface area contributed by atoms with Gasteiger partial charge in [-0.05, 0) is 42.8 Å². The summed E-state index contributed by atoms with van der Waals surface area (Å²) in [6.07, 6.45) is 3.04. The summed E-state index contributed by atoms with van der Waals surface area (Å²) in [6, 6.07) is 10.4. The minimum Gasteiger partial charge on any atom is -0.335 e. The monoisotopic (exact) mass is 342 g/mol. The number of hydrogen-bond acceptors (Lipinski definition) is 3. The van der Waals surface area contributed by atoms with E-state index in [1.54, 1.807) is 18.1 Å². The number of hydrogen-bond donors (Lipinski definition) is 0. The lowest BCUT2D eigenvalue weighted by atomic mass is 10.1. The van der Waals surface area contributed by atoms with Crippen LogP contribution in [-0.4, -0.2) is 32.6 Å². The van der Waals surface area contributed by atoms with E-state index in [0.717, 1.165) is 23.4 Å². The van der Waals surface area contributed by atoms with Crippen LogP contribution in [0.2, 0.25) is 0 Å². The normalized spacial score (nSPS) is 12.0. The number of rotatable bonds is 4. The molecular weight excluding hydrogens is 326 g/mol. The van der Waals surface area contributed by atoms with Crippen LogP contribution in [0.15, 0.2) is 55.1 Å². The first kappa shape index (κ1) is 16.8. The largest absolute Gasteiger partial charge is 0.335 e. The molecule has 0 fully saturated rings. The fourth-order valence-electron chi connectivity index (χ4n) is 2.48. The lowest BCUT2D eigenvalue weighted by Crippen LogP contribution is -2.29. The van der Waals surface area contributed by atoms with Gasteiger partial charge in [0.25, 0.3) is 5.91 Å². The first-order valence-corrected chi connectivity index (χ1v) is 7.64. The summed E-state index contributed by atoms with van der Waals surface area (Å²) in [7, 11) is 1.62. The Morgan fingerprint density at radius 2 is 1.84 bits per heavy atom. The predicted molar refractivity (Wildman–Crippen MR) is 88.2 cm³/mol. The van der Waals surface area contributed by atoms with Crippen molar-refractivity contribution in [2.75, 3.05) is 7.05 Å². The van der Waals surface area contributed by atoms with Gasteiger partial charge in [0.05, 0.1) is 11.7 Å². The van der Waals surface area contributed by atoms with Crippen molar-refractivity contribution in [1.29, 1.82) is 0 Å². The molecule has 1 aromatic heterocycles. The highest BCUT2D eigenvalue weighted by molar-refractivity contribution is 5.94. The fourth-order valence-corrected chi connectivity index (χ4v) is 2.48. The van der Waals surface area contributed by atoms with Crippen molar-refractivity contribution in [3.63, 3.8) is 0 Å². The number of halogens is 2. The first-order valence-electron chi connectivity index (χ1n) is 7.64. The van der Waals surface area contributed by atoms with Gasteiger partial charge in [-0.1, -0.05) is 12.1 Å². The van der Waals surface area contributed by atoms with Crippen molar-refractivity contribution in [1.82, 2.24) is 19.7 Å². The van der Waals surface area contributed by atoms with Gasteiger partial charge < -0.3 is 4.90 Å². The van der Waals surface area contributed by atoms with Crippen molar-refractivity contribution >= 4 is 5.91 Å². The second kappa shape index (κ2) is 6.80. The average Bonchev–Trinajstić information content (AvgIpc) is 3.17. The predicted octanol–water partition coefficient (Wildman–Crippen LogP) is 3.38. The Bertz CT molecular complexity index is 879. The standard InChI is InChI=1S/C18H16F2N4O/c1-12(13-3-6-15(7-4-13)24-11-21-10-22-24)23(2)18(25)14-5-8-16(19)17(20)9-14/h3-12H,1-2H3/t12-/m0/s1. The molecule has 1 atom stereocenters. The summed E-state index contributed by atoms with van der Waals surface area (Å²) in [5, 5.41) is 4.05.